The highest BCUT2D eigenvalue weighted by atomic mass is 32.2. The first kappa shape index (κ1) is 14.5. The Morgan fingerprint density at radius 3 is 2.67 bits per heavy atom. The molecule has 0 atom stereocenters. The van der Waals surface area contributed by atoms with Gasteiger partial charge in [0.2, 0.25) is 0 Å². The van der Waals surface area contributed by atoms with Crippen LogP contribution in [0.25, 0.3) is 0 Å². The Kier molecular flexibility index (Phi) is 6.21. The maximum absolute atomic E-state index is 10.7. The molecule has 0 saturated heterocycles. The number of thioether (sulfide) groups is 1. The van der Waals surface area contributed by atoms with E-state index in [4.69, 9.17) is 10.2 Å². The quantitative estimate of drug-likeness (QED) is 0.557. The number of rotatable bonds is 8. The van der Waals surface area contributed by atoms with E-state index >= 15 is 0 Å². The second kappa shape index (κ2) is 7.71. The summed E-state index contributed by atoms with van der Waals surface area (Å²) in [5, 5.41) is 17.2. The first-order valence-electron chi connectivity index (χ1n) is 5.63. The number of carboxylic acid groups (broad SMARTS) is 2. The molecule has 0 unspecified atom stereocenters. The topological polar surface area (TPSA) is 87.5 Å². The molecule has 0 aliphatic rings. The van der Waals surface area contributed by atoms with E-state index in [0.29, 0.717) is 6.42 Å². The van der Waals surface area contributed by atoms with Gasteiger partial charge in [-0.1, -0.05) is 6.42 Å². The highest BCUT2D eigenvalue weighted by molar-refractivity contribution is 7.99. The van der Waals surface area contributed by atoms with Crippen LogP contribution in [0, 0.1) is 0 Å². The van der Waals surface area contributed by atoms with Crippen molar-refractivity contribution in [3.05, 3.63) is 24.0 Å². The highest BCUT2D eigenvalue weighted by Gasteiger charge is 2.05. The molecule has 6 heteroatoms. The fraction of sp³-hybridized carbons (Fsp3) is 0.417. The summed E-state index contributed by atoms with van der Waals surface area (Å²) in [5.41, 5.74) is 0.0471. The van der Waals surface area contributed by atoms with Crippen LogP contribution >= 0.6 is 11.8 Å². The molecule has 2 N–H and O–H groups in total. The molecule has 1 aromatic rings. The number of aliphatic carboxylic acids is 1. The van der Waals surface area contributed by atoms with Crippen LogP contribution in [-0.4, -0.2) is 32.9 Å². The summed E-state index contributed by atoms with van der Waals surface area (Å²) in [6.45, 7) is 0. The van der Waals surface area contributed by atoms with Crippen LogP contribution in [0.3, 0.4) is 0 Å². The zero-order chi connectivity index (χ0) is 13.4. The number of hydrogen-bond donors (Lipinski definition) is 2. The van der Waals surface area contributed by atoms with Gasteiger partial charge < -0.3 is 10.2 Å². The lowest BCUT2D eigenvalue weighted by Crippen LogP contribution is -1.99. The van der Waals surface area contributed by atoms with Gasteiger partial charge in [-0.2, -0.15) is 0 Å². The zero-order valence-electron chi connectivity index (χ0n) is 9.83. The summed E-state index contributed by atoms with van der Waals surface area (Å²) >= 11 is 1.56. The Morgan fingerprint density at radius 1 is 1.22 bits per heavy atom. The van der Waals surface area contributed by atoms with Crippen LogP contribution in [0.1, 0.15) is 36.2 Å². The number of unbranched alkanes of at least 4 members (excludes halogenated alkanes) is 2. The number of pyridine rings is 1. The van der Waals surface area contributed by atoms with Crippen molar-refractivity contribution < 1.29 is 19.8 Å². The van der Waals surface area contributed by atoms with Gasteiger partial charge >= 0.3 is 11.9 Å². The van der Waals surface area contributed by atoms with Crippen molar-refractivity contribution >= 4 is 23.7 Å². The summed E-state index contributed by atoms with van der Waals surface area (Å²) in [7, 11) is 0. The van der Waals surface area contributed by atoms with E-state index in [1.54, 1.807) is 23.9 Å². The van der Waals surface area contributed by atoms with E-state index in [1.807, 2.05) is 0 Å². The molecule has 1 heterocycles. The van der Waals surface area contributed by atoms with Gasteiger partial charge in [-0.15, -0.1) is 11.8 Å². The van der Waals surface area contributed by atoms with Gasteiger partial charge in [-0.25, -0.2) is 9.78 Å². The lowest BCUT2D eigenvalue weighted by atomic mass is 10.2. The van der Waals surface area contributed by atoms with Gasteiger partial charge in [0.25, 0.3) is 0 Å². The Labute approximate surface area is 109 Å². The summed E-state index contributed by atoms with van der Waals surface area (Å²) in [6, 6.07) is 3.32. The lowest BCUT2D eigenvalue weighted by molar-refractivity contribution is -0.137. The minimum Gasteiger partial charge on any atom is -0.481 e. The van der Waals surface area contributed by atoms with Gasteiger partial charge in [0, 0.05) is 17.5 Å². The summed E-state index contributed by atoms with van der Waals surface area (Å²) in [6.07, 6.45) is 4.17. The van der Waals surface area contributed by atoms with Crippen molar-refractivity contribution in [3.63, 3.8) is 0 Å². The fourth-order valence-electron chi connectivity index (χ4n) is 1.36. The van der Waals surface area contributed by atoms with Crippen LogP contribution in [0.2, 0.25) is 0 Å². The zero-order valence-corrected chi connectivity index (χ0v) is 10.7. The smallest absolute Gasteiger partial charge is 0.354 e. The normalized spacial score (nSPS) is 10.2. The van der Waals surface area contributed by atoms with E-state index in [2.05, 4.69) is 4.98 Å². The third-order valence-electron chi connectivity index (χ3n) is 2.25. The number of aromatic carboxylic acids is 1. The van der Waals surface area contributed by atoms with E-state index in [0.717, 1.165) is 23.5 Å². The molecule has 0 saturated carbocycles. The van der Waals surface area contributed by atoms with Gasteiger partial charge in [0.05, 0.1) is 0 Å². The average molecular weight is 269 g/mol. The number of aromatic nitrogens is 1. The summed E-state index contributed by atoms with van der Waals surface area (Å²) < 4.78 is 0. The number of nitrogens with zero attached hydrogens (tertiary/aromatic N) is 1. The van der Waals surface area contributed by atoms with Crippen molar-refractivity contribution in [1.29, 1.82) is 0 Å². The van der Waals surface area contributed by atoms with Gasteiger partial charge in [-0.3, -0.25) is 4.79 Å². The first-order valence-corrected chi connectivity index (χ1v) is 6.62. The van der Waals surface area contributed by atoms with Gasteiger partial charge in [-0.05, 0) is 30.7 Å². The summed E-state index contributed by atoms with van der Waals surface area (Å²) in [4.78, 5) is 25.6. The number of carbonyl (C=O) groups is 2. The van der Waals surface area contributed by atoms with Crippen LogP contribution < -0.4 is 0 Å². The van der Waals surface area contributed by atoms with E-state index in [9.17, 15) is 9.59 Å². The third-order valence-corrected chi connectivity index (χ3v) is 3.33. The molecule has 0 radical (unpaired) electrons. The molecule has 98 valence electrons. The Balaban J connectivity index is 2.25. The summed E-state index contributed by atoms with van der Waals surface area (Å²) in [5.74, 6) is -0.940. The van der Waals surface area contributed by atoms with Crippen molar-refractivity contribution in [2.24, 2.45) is 0 Å². The standard InChI is InChI=1S/C12H15NO4S/c14-11(15)4-2-1-3-7-18-9-5-6-13-10(8-9)12(16)17/h5-6,8H,1-4,7H2,(H,14,15)(H,16,17). The Hall–Kier alpha value is -1.56. The lowest BCUT2D eigenvalue weighted by Gasteiger charge is -2.02. The number of hydrogen-bond acceptors (Lipinski definition) is 4. The minimum absolute atomic E-state index is 0.0471. The molecule has 18 heavy (non-hydrogen) atoms. The fourth-order valence-corrected chi connectivity index (χ4v) is 2.30. The van der Waals surface area contributed by atoms with Crippen molar-refractivity contribution in [3.8, 4) is 0 Å². The van der Waals surface area contributed by atoms with Gasteiger partial charge in [0.15, 0.2) is 0 Å². The molecular formula is C12H15NO4S. The Morgan fingerprint density at radius 2 is 2.00 bits per heavy atom. The maximum Gasteiger partial charge on any atom is 0.354 e. The molecule has 1 aromatic heterocycles. The van der Waals surface area contributed by atoms with Crippen LogP contribution in [0.15, 0.2) is 23.2 Å². The third kappa shape index (κ3) is 5.67. The Bertz CT molecular complexity index is 422. The molecule has 5 nitrogen and oxygen atoms in total. The van der Waals surface area contributed by atoms with E-state index < -0.39 is 11.9 Å². The van der Waals surface area contributed by atoms with Crippen LogP contribution in [0.4, 0.5) is 0 Å². The molecular weight excluding hydrogens is 254 g/mol. The predicted octanol–water partition coefficient (Wildman–Crippen LogP) is 2.52. The second-order valence-corrected chi connectivity index (χ2v) is 4.90. The molecule has 1 rings (SSSR count). The molecule has 0 bridgehead atoms. The largest absolute Gasteiger partial charge is 0.481 e. The van der Waals surface area contributed by atoms with E-state index in [-0.39, 0.29) is 12.1 Å². The van der Waals surface area contributed by atoms with Crippen LogP contribution in [-0.2, 0) is 4.79 Å². The average Bonchev–Trinajstić information content (AvgIpc) is 2.33. The maximum atomic E-state index is 10.7. The highest BCUT2D eigenvalue weighted by Crippen LogP contribution is 2.20. The second-order valence-electron chi connectivity index (χ2n) is 3.73. The predicted molar refractivity (Wildman–Crippen MR) is 68.0 cm³/mol. The van der Waals surface area contributed by atoms with Crippen molar-refractivity contribution in [2.45, 2.75) is 30.6 Å². The first-order chi connectivity index (χ1) is 8.59. The number of carboxylic acids is 2. The molecule has 0 aliphatic heterocycles. The van der Waals surface area contributed by atoms with Gasteiger partial charge in [0.1, 0.15) is 5.69 Å². The molecule has 0 spiro atoms. The monoisotopic (exact) mass is 269 g/mol. The van der Waals surface area contributed by atoms with Crippen molar-refractivity contribution in [1.82, 2.24) is 4.98 Å². The molecule has 0 amide bonds. The molecule has 0 aromatic carbocycles. The SMILES string of the molecule is O=C(O)CCCCCSc1ccnc(C(=O)O)c1. The van der Waals surface area contributed by atoms with Crippen molar-refractivity contribution in [2.75, 3.05) is 5.75 Å². The minimum atomic E-state index is -1.03. The van der Waals surface area contributed by atoms with Crippen LogP contribution in [0.5, 0.6) is 0 Å². The molecule has 0 aliphatic carbocycles. The molecule has 0 fully saturated rings. The van der Waals surface area contributed by atoms with E-state index in [1.165, 1.54) is 6.20 Å².